The maximum absolute atomic E-state index is 5.92. The Bertz CT molecular complexity index is 968. The first-order chi connectivity index (χ1) is 13.1. The second kappa shape index (κ2) is 7.03. The van der Waals surface area contributed by atoms with E-state index in [-0.39, 0.29) is 11.8 Å². The first-order valence-corrected chi connectivity index (χ1v) is 9.27. The minimum atomic E-state index is 0.124. The molecule has 0 saturated carbocycles. The maximum atomic E-state index is 5.92. The summed E-state index contributed by atoms with van der Waals surface area (Å²) in [6.45, 7) is 5.59. The lowest BCUT2D eigenvalue weighted by Crippen LogP contribution is -2.34. The third kappa shape index (κ3) is 3.16. The van der Waals surface area contributed by atoms with E-state index in [4.69, 9.17) is 16.2 Å². The topological polar surface area (TPSA) is 108 Å². The van der Waals surface area contributed by atoms with E-state index in [0.717, 1.165) is 24.5 Å². The van der Waals surface area contributed by atoms with Gasteiger partial charge in [0.2, 0.25) is 5.95 Å². The SMILES string of the molecule is CCN1CCCC(c2ccc(-n3cnc4c(N)nc(N)nc43)c(OC)c2)C1. The molecule has 1 unspecified atom stereocenters. The predicted octanol–water partition coefficient (Wildman–Crippen LogP) is 2.19. The first kappa shape index (κ1) is 17.5. The molecule has 142 valence electrons. The van der Waals surface area contributed by atoms with E-state index in [1.807, 2.05) is 4.57 Å². The number of methoxy groups -OCH3 is 1. The third-order valence-corrected chi connectivity index (χ3v) is 5.33. The van der Waals surface area contributed by atoms with Crippen LogP contribution in [0.3, 0.4) is 0 Å². The van der Waals surface area contributed by atoms with Gasteiger partial charge in [-0.05, 0) is 49.5 Å². The Hall–Kier alpha value is -2.87. The highest BCUT2D eigenvalue weighted by molar-refractivity contribution is 5.84. The number of rotatable bonds is 4. The second-order valence-corrected chi connectivity index (χ2v) is 6.92. The van der Waals surface area contributed by atoms with Crippen LogP contribution in [-0.2, 0) is 0 Å². The number of hydrogen-bond donors (Lipinski definition) is 2. The molecular weight excluding hydrogens is 342 g/mol. The Morgan fingerprint density at radius 3 is 2.89 bits per heavy atom. The van der Waals surface area contributed by atoms with Gasteiger partial charge in [-0.1, -0.05) is 13.0 Å². The van der Waals surface area contributed by atoms with E-state index in [1.54, 1.807) is 13.4 Å². The molecule has 27 heavy (non-hydrogen) atoms. The van der Waals surface area contributed by atoms with E-state index in [1.165, 1.54) is 24.9 Å². The summed E-state index contributed by atoms with van der Waals surface area (Å²) in [4.78, 5) is 15.1. The van der Waals surface area contributed by atoms with Crippen molar-refractivity contribution in [3.05, 3.63) is 30.1 Å². The Kier molecular flexibility index (Phi) is 4.57. The Labute approximate surface area is 158 Å². The van der Waals surface area contributed by atoms with Crippen molar-refractivity contribution < 1.29 is 4.74 Å². The van der Waals surface area contributed by atoms with Gasteiger partial charge in [-0.25, -0.2) is 4.98 Å². The van der Waals surface area contributed by atoms with Crippen LogP contribution in [0, 0.1) is 0 Å². The number of imidazole rings is 1. The third-order valence-electron chi connectivity index (χ3n) is 5.33. The summed E-state index contributed by atoms with van der Waals surface area (Å²) in [6.07, 6.45) is 4.10. The van der Waals surface area contributed by atoms with Crippen LogP contribution in [0.25, 0.3) is 16.9 Å². The van der Waals surface area contributed by atoms with Crippen molar-refractivity contribution in [2.75, 3.05) is 38.2 Å². The van der Waals surface area contributed by atoms with Crippen molar-refractivity contribution >= 4 is 22.9 Å². The van der Waals surface area contributed by atoms with Crippen molar-refractivity contribution in [3.8, 4) is 11.4 Å². The maximum Gasteiger partial charge on any atom is 0.224 e. The molecule has 0 bridgehead atoms. The molecule has 2 aromatic heterocycles. The molecule has 4 rings (SSSR count). The molecule has 4 N–H and O–H groups in total. The van der Waals surface area contributed by atoms with Crippen molar-refractivity contribution in [2.45, 2.75) is 25.7 Å². The molecule has 0 radical (unpaired) electrons. The van der Waals surface area contributed by atoms with E-state index in [9.17, 15) is 0 Å². The highest BCUT2D eigenvalue weighted by atomic mass is 16.5. The highest BCUT2D eigenvalue weighted by Gasteiger charge is 2.22. The van der Waals surface area contributed by atoms with Gasteiger partial charge >= 0.3 is 0 Å². The molecule has 1 fully saturated rings. The normalized spacial score (nSPS) is 18.1. The first-order valence-electron chi connectivity index (χ1n) is 9.27. The van der Waals surface area contributed by atoms with Gasteiger partial charge in [0, 0.05) is 6.54 Å². The van der Waals surface area contributed by atoms with Gasteiger partial charge in [-0.3, -0.25) is 4.57 Å². The summed E-state index contributed by atoms with van der Waals surface area (Å²) in [5.41, 5.74) is 14.9. The number of likely N-dealkylation sites (tertiary alicyclic amines) is 1. The summed E-state index contributed by atoms with van der Waals surface area (Å²) in [6, 6.07) is 6.34. The van der Waals surface area contributed by atoms with Crippen LogP contribution in [0.4, 0.5) is 11.8 Å². The molecule has 1 saturated heterocycles. The Balaban J connectivity index is 1.74. The zero-order valence-corrected chi connectivity index (χ0v) is 15.7. The molecule has 0 aliphatic carbocycles. The van der Waals surface area contributed by atoms with Crippen LogP contribution in [0.1, 0.15) is 31.2 Å². The molecule has 1 aromatic carbocycles. The van der Waals surface area contributed by atoms with Gasteiger partial charge in [0.05, 0.1) is 12.8 Å². The molecule has 3 aromatic rings. The van der Waals surface area contributed by atoms with Gasteiger partial charge in [-0.15, -0.1) is 0 Å². The Morgan fingerprint density at radius 2 is 2.11 bits per heavy atom. The number of nitrogen functional groups attached to an aromatic ring is 2. The van der Waals surface area contributed by atoms with Gasteiger partial charge in [0.25, 0.3) is 0 Å². The lowest BCUT2D eigenvalue weighted by atomic mass is 9.90. The van der Waals surface area contributed by atoms with Gasteiger partial charge in [-0.2, -0.15) is 9.97 Å². The molecule has 1 aliphatic heterocycles. The van der Waals surface area contributed by atoms with E-state index in [0.29, 0.717) is 17.1 Å². The summed E-state index contributed by atoms with van der Waals surface area (Å²) >= 11 is 0. The summed E-state index contributed by atoms with van der Waals surface area (Å²) < 4.78 is 7.53. The van der Waals surface area contributed by atoms with Crippen molar-refractivity contribution in [3.63, 3.8) is 0 Å². The lowest BCUT2D eigenvalue weighted by Gasteiger charge is -2.32. The smallest absolute Gasteiger partial charge is 0.224 e. The molecular formula is C19H25N7O. The standard InChI is InChI=1S/C19H25N7O/c1-3-25-8-4-5-13(10-25)12-6-7-14(15(9-12)27-2)26-11-22-16-17(20)23-19(21)24-18(16)26/h6-7,9,11,13H,3-5,8,10H2,1-2H3,(H4,20,21,23,24). The van der Waals surface area contributed by atoms with Crippen LogP contribution in [-0.4, -0.2) is 51.2 Å². The lowest BCUT2D eigenvalue weighted by molar-refractivity contribution is 0.218. The Morgan fingerprint density at radius 1 is 1.26 bits per heavy atom. The number of benzene rings is 1. The minimum Gasteiger partial charge on any atom is -0.495 e. The fourth-order valence-electron chi connectivity index (χ4n) is 3.88. The van der Waals surface area contributed by atoms with E-state index >= 15 is 0 Å². The highest BCUT2D eigenvalue weighted by Crippen LogP contribution is 2.33. The van der Waals surface area contributed by atoms with Gasteiger partial charge in [0.15, 0.2) is 17.0 Å². The summed E-state index contributed by atoms with van der Waals surface area (Å²) in [5.74, 6) is 1.69. The van der Waals surface area contributed by atoms with Crippen LogP contribution >= 0.6 is 0 Å². The zero-order chi connectivity index (χ0) is 19.0. The summed E-state index contributed by atoms with van der Waals surface area (Å²) in [5, 5.41) is 0. The van der Waals surface area contributed by atoms with Crippen LogP contribution < -0.4 is 16.2 Å². The number of likely N-dealkylation sites (N-methyl/N-ethyl adjacent to an activating group) is 1. The van der Waals surface area contributed by atoms with Crippen LogP contribution in [0.2, 0.25) is 0 Å². The summed E-state index contributed by atoms with van der Waals surface area (Å²) in [7, 11) is 1.68. The van der Waals surface area contributed by atoms with Crippen molar-refractivity contribution in [1.82, 2.24) is 24.4 Å². The average Bonchev–Trinajstić information content (AvgIpc) is 3.11. The van der Waals surface area contributed by atoms with Crippen molar-refractivity contribution in [2.24, 2.45) is 0 Å². The second-order valence-electron chi connectivity index (χ2n) is 6.92. The van der Waals surface area contributed by atoms with Crippen LogP contribution in [0.5, 0.6) is 5.75 Å². The quantitative estimate of drug-likeness (QED) is 0.727. The molecule has 1 aliphatic rings. The fraction of sp³-hybridized carbons (Fsp3) is 0.421. The molecule has 8 heteroatoms. The van der Waals surface area contributed by atoms with E-state index in [2.05, 4.69) is 45.0 Å². The van der Waals surface area contributed by atoms with Crippen molar-refractivity contribution in [1.29, 1.82) is 0 Å². The zero-order valence-electron chi connectivity index (χ0n) is 15.7. The van der Waals surface area contributed by atoms with Gasteiger partial charge in [0.1, 0.15) is 12.1 Å². The minimum absolute atomic E-state index is 0.124. The molecule has 8 nitrogen and oxygen atoms in total. The number of nitrogens with zero attached hydrogens (tertiary/aromatic N) is 5. The number of nitrogens with two attached hydrogens (primary N) is 2. The molecule has 1 atom stereocenters. The number of hydrogen-bond acceptors (Lipinski definition) is 7. The van der Waals surface area contributed by atoms with Crippen LogP contribution in [0.15, 0.2) is 24.5 Å². The molecule has 3 heterocycles. The number of anilines is 2. The van der Waals surface area contributed by atoms with Gasteiger partial charge < -0.3 is 21.1 Å². The number of piperidine rings is 1. The predicted molar refractivity (Wildman–Crippen MR) is 106 cm³/mol. The van der Waals surface area contributed by atoms with E-state index < -0.39 is 0 Å². The molecule has 0 amide bonds. The number of ether oxygens (including phenoxy) is 1. The number of aromatic nitrogens is 4. The average molecular weight is 367 g/mol. The monoisotopic (exact) mass is 367 g/mol. The fourth-order valence-corrected chi connectivity index (χ4v) is 3.88. The number of fused-ring (bicyclic) bond motifs is 1. The largest absolute Gasteiger partial charge is 0.495 e. The molecule has 0 spiro atoms.